The van der Waals surface area contributed by atoms with Crippen LogP contribution in [0.2, 0.25) is 0 Å². The zero-order chi connectivity index (χ0) is 39.4. The first-order valence-electron chi connectivity index (χ1n) is 19.0. The fourth-order valence-electron chi connectivity index (χ4n) is 7.00. The van der Waals surface area contributed by atoms with Crippen LogP contribution in [0.25, 0.3) is 11.0 Å². The minimum absolute atomic E-state index is 0.0631. The molecule has 55 heavy (non-hydrogen) atoms. The number of fused-ring (bicyclic) bond motifs is 1. The molecule has 1 atom stereocenters. The molecule has 6 rings (SSSR count). The van der Waals surface area contributed by atoms with Crippen LogP contribution in [0.4, 0.5) is 25.1 Å². The highest BCUT2D eigenvalue weighted by atomic mass is 32.2. The quantitative estimate of drug-likeness (QED) is 0.204. The maximum absolute atomic E-state index is 15.6. The average molecular weight is 791 g/mol. The van der Waals surface area contributed by atoms with E-state index in [9.17, 15) is 18.0 Å². The predicted octanol–water partition coefficient (Wildman–Crippen LogP) is 5.11. The van der Waals surface area contributed by atoms with E-state index in [1.165, 1.54) is 23.4 Å². The number of halogens is 2. The van der Waals surface area contributed by atoms with Gasteiger partial charge in [0.15, 0.2) is 16.1 Å². The summed E-state index contributed by atoms with van der Waals surface area (Å²) in [6.45, 7) is 10.3. The third kappa shape index (κ3) is 10.5. The maximum Gasteiger partial charge on any atom is 0.410 e. The summed E-state index contributed by atoms with van der Waals surface area (Å²) < 4.78 is 79.4. The molecule has 1 N–H and O–H groups in total. The van der Waals surface area contributed by atoms with Gasteiger partial charge in [-0.3, -0.25) is 9.36 Å². The maximum atomic E-state index is 15.6. The summed E-state index contributed by atoms with van der Waals surface area (Å²) in [5, 5.41) is 3.89. The van der Waals surface area contributed by atoms with Crippen LogP contribution in [0.3, 0.4) is 0 Å². The van der Waals surface area contributed by atoms with Crippen LogP contribution in [0.5, 0.6) is 0 Å². The van der Waals surface area contributed by atoms with Crippen LogP contribution >= 0.6 is 0 Å². The van der Waals surface area contributed by atoms with Crippen molar-refractivity contribution in [2.75, 3.05) is 74.3 Å². The fourth-order valence-corrected chi connectivity index (χ4v) is 8.20. The predicted molar refractivity (Wildman–Crippen MR) is 203 cm³/mol. The van der Waals surface area contributed by atoms with Gasteiger partial charge in [-0.1, -0.05) is 18.2 Å². The van der Waals surface area contributed by atoms with E-state index in [0.29, 0.717) is 67.5 Å². The first-order chi connectivity index (χ1) is 26.1. The number of pyridine rings is 1. The summed E-state index contributed by atoms with van der Waals surface area (Å²) in [5.41, 5.74) is 0.253. The van der Waals surface area contributed by atoms with Crippen LogP contribution in [0.15, 0.2) is 41.5 Å². The molecule has 0 bridgehead atoms. The van der Waals surface area contributed by atoms with Crippen molar-refractivity contribution < 1.29 is 40.9 Å². The molecule has 0 unspecified atom stereocenters. The van der Waals surface area contributed by atoms with Crippen molar-refractivity contribution in [2.45, 2.75) is 83.8 Å². The number of likely N-dealkylation sites (tertiary alicyclic amines) is 1. The van der Waals surface area contributed by atoms with Crippen molar-refractivity contribution >= 4 is 38.5 Å². The Balaban J connectivity index is 1.16. The van der Waals surface area contributed by atoms with Crippen LogP contribution in [0.1, 0.15) is 70.5 Å². The fraction of sp³-hybridized carbons (Fsp3) is 0.632. The number of amides is 1. The third-order valence-corrected chi connectivity index (χ3v) is 11.6. The summed E-state index contributed by atoms with van der Waals surface area (Å²) in [4.78, 5) is 38.5. The van der Waals surface area contributed by atoms with E-state index >= 15 is 8.78 Å². The van der Waals surface area contributed by atoms with Gasteiger partial charge in [0, 0.05) is 76.3 Å². The lowest BCUT2D eigenvalue weighted by Gasteiger charge is -2.41. The molecule has 3 aliphatic heterocycles. The largest absolute Gasteiger partial charge is 0.444 e. The second-order valence-electron chi connectivity index (χ2n) is 15.5. The van der Waals surface area contributed by atoms with Crippen molar-refractivity contribution in [2.24, 2.45) is 5.92 Å². The number of hydrogen-bond donors (Lipinski definition) is 1. The summed E-state index contributed by atoms with van der Waals surface area (Å²) >= 11 is 0. The standard InChI is InChI=1S/C38H52F2N6O8S/c1-26(28-8-5-9-29(20-28)38(39,40)22-27-23-45(24-27)36(48)54-37(2,3)4)43-33-30-21-31(44-12-18-55(49,50)19-13-44)35(47)46(34(30)42-25-41-33)11-7-15-51-14-6-10-32-52-16-17-53-32/h5,8-9,20-21,25-27,32H,6-7,10-19,22-24H2,1-4H3,(H,41,42,43)/t26-/m1/s1. The van der Waals surface area contributed by atoms with Crippen molar-refractivity contribution in [3.05, 3.63) is 58.1 Å². The lowest BCUT2D eigenvalue weighted by atomic mass is 9.89. The summed E-state index contributed by atoms with van der Waals surface area (Å²) in [6, 6.07) is 7.46. The van der Waals surface area contributed by atoms with Crippen molar-refractivity contribution in [1.29, 1.82) is 0 Å². The molecule has 3 aromatic rings. The van der Waals surface area contributed by atoms with Gasteiger partial charge in [0.05, 0.1) is 30.1 Å². The molecule has 0 radical (unpaired) electrons. The molecular weight excluding hydrogens is 739 g/mol. The Morgan fingerprint density at radius 2 is 1.76 bits per heavy atom. The van der Waals surface area contributed by atoms with Gasteiger partial charge in [-0.25, -0.2) is 32.0 Å². The van der Waals surface area contributed by atoms with Gasteiger partial charge in [-0.2, -0.15) is 0 Å². The Morgan fingerprint density at radius 3 is 2.47 bits per heavy atom. The molecule has 1 aromatic carbocycles. The molecule has 14 nitrogen and oxygen atoms in total. The van der Waals surface area contributed by atoms with Gasteiger partial charge in [0.1, 0.15) is 29.1 Å². The molecule has 17 heteroatoms. The summed E-state index contributed by atoms with van der Waals surface area (Å²) in [7, 11) is -3.20. The first kappa shape index (κ1) is 40.7. The smallest absolute Gasteiger partial charge is 0.410 e. The van der Waals surface area contributed by atoms with E-state index in [-0.39, 0.29) is 61.0 Å². The van der Waals surface area contributed by atoms with Gasteiger partial charge >= 0.3 is 6.09 Å². The number of nitrogens with one attached hydrogen (secondary N) is 1. The Morgan fingerprint density at radius 1 is 1.05 bits per heavy atom. The monoisotopic (exact) mass is 790 g/mol. The highest BCUT2D eigenvalue weighted by molar-refractivity contribution is 7.91. The number of sulfone groups is 1. The van der Waals surface area contributed by atoms with E-state index in [4.69, 9.17) is 18.9 Å². The van der Waals surface area contributed by atoms with Crippen molar-refractivity contribution in [3.63, 3.8) is 0 Å². The molecule has 302 valence electrons. The first-order valence-corrected chi connectivity index (χ1v) is 20.8. The zero-order valence-electron chi connectivity index (χ0n) is 32.0. The number of benzene rings is 1. The number of anilines is 2. The SMILES string of the molecule is C[C@@H](Nc1ncnc2c1cc(N1CCS(=O)(=O)CC1)c(=O)n2CCCOCCCC1OCCO1)c1cccc(C(F)(F)CC2CN(C(=O)OC(C)(C)C)C2)c1. The number of nitrogens with zero attached hydrogens (tertiary/aromatic N) is 5. The lowest BCUT2D eigenvalue weighted by Crippen LogP contribution is -2.52. The number of carbonyl (C=O) groups excluding carboxylic acids is 1. The highest BCUT2D eigenvalue weighted by Crippen LogP contribution is 2.39. The van der Waals surface area contributed by atoms with Gasteiger partial charge in [-0.15, -0.1) is 0 Å². The van der Waals surface area contributed by atoms with Crippen LogP contribution in [-0.2, 0) is 41.3 Å². The van der Waals surface area contributed by atoms with Gasteiger partial charge < -0.3 is 34.1 Å². The number of alkyl halides is 2. The number of ether oxygens (including phenoxy) is 4. The molecule has 2 aromatic heterocycles. The summed E-state index contributed by atoms with van der Waals surface area (Å²) in [6.07, 6.45) is 2.31. The van der Waals surface area contributed by atoms with Crippen molar-refractivity contribution in [1.82, 2.24) is 19.4 Å². The molecule has 3 saturated heterocycles. The average Bonchev–Trinajstić information content (AvgIpc) is 3.63. The molecule has 0 saturated carbocycles. The number of hydrogen-bond acceptors (Lipinski definition) is 12. The second kappa shape index (κ2) is 17.1. The minimum Gasteiger partial charge on any atom is -0.444 e. The Labute approximate surface area is 320 Å². The van der Waals surface area contributed by atoms with Crippen LogP contribution in [0, 0.1) is 5.92 Å². The molecule has 1 amide bonds. The second-order valence-corrected chi connectivity index (χ2v) is 17.8. The van der Waals surface area contributed by atoms with Gasteiger partial charge in [0.25, 0.3) is 11.5 Å². The summed E-state index contributed by atoms with van der Waals surface area (Å²) in [5.74, 6) is -3.21. The topological polar surface area (TPSA) is 154 Å². The minimum atomic E-state index is -3.20. The Hall–Kier alpha value is -3.93. The Bertz CT molecular complexity index is 1970. The zero-order valence-corrected chi connectivity index (χ0v) is 32.8. The highest BCUT2D eigenvalue weighted by Gasteiger charge is 2.42. The molecule has 0 spiro atoms. The number of aromatic nitrogens is 3. The number of carbonyl (C=O) groups is 1. The van der Waals surface area contributed by atoms with Gasteiger partial charge in [0.2, 0.25) is 0 Å². The normalized spacial score (nSPS) is 18.7. The van der Waals surface area contributed by atoms with Crippen LogP contribution < -0.4 is 15.8 Å². The van der Waals surface area contributed by atoms with E-state index in [1.807, 2.05) is 6.92 Å². The Kier molecular flexibility index (Phi) is 12.6. The van der Waals surface area contributed by atoms with Crippen molar-refractivity contribution in [3.8, 4) is 0 Å². The van der Waals surface area contributed by atoms with E-state index in [1.54, 1.807) is 48.4 Å². The number of rotatable bonds is 15. The molecular formula is C38H52F2N6O8S. The number of aryl methyl sites for hydroxylation is 1. The van der Waals surface area contributed by atoms with E-state index in [2.05, 4.69) is 15.3 Å². The molecule has 0 aliphatic carbocycles. The molecule has 3 aliphatic rings. The lowest BCUT2D eigenvalue weighted by molar-refractivity contribution is -0.0612. The molecule has 3 fully saturated rings. The van der Waals surface area contributed by atoms with E-state index in [0.717, 1.165) is 12.8 Å². The van der Waals surface area contributed by atoms with Crippen LogP contribution in [-0.4, -0.2) is 110 Å². The van der Waals surface area contributed by atoms with E-state index < -0.39 is 39.9 Å². The van der Waals surface area contributed by atoms with Gasteiger partial charge in [-0.05, 0) is 58.2 Å². The third-order valence-electron chi connectivity index (χ3n) is 9.95. The molecule has 5 heterocycles.